The van der Waals surface area contributed by atoms with Crippen molar-refractivity contribution in [2.75, 3.05) is 14.2 Å². The summed E-state index contributed by atoms with van der Waals surface area (Å²) in [4.78, 5) is 13.7. The molecular weight excluding hydrogens is 400 g/mol. The van der Waals surface area contributed by atoms with E-state index in [-0.39, 0.29) is 16.9 Å². The summed E-state index contributed by atoms with van der Waals surface area (Å²) < 4.78 is 10.8. The van der Waals surface area contributed by atoms with Crippen molar-refractivity contribution in [3.63, 3.8) is 0 Å². The van der Waals surface area contributed by atoms with Gasteiger partial charge < -0.3 is 14.6 Å². The molecule has 1 aromatic rings. The first kappa shape index (κ1) is 21.8. The van der Waals surface area contributed by atoms with E-state index in [0.29, 0.717) is 35.0 Å². The van der Waals surface area contributed by atoms with E-state index < -0.39 is 0 Å². The molecule has 172 valence electrons. The third-order valence-electron chi connectivity index (χ3n) is 9.47. The highest BCUT2D eigenvalue weighted by atomic mass is 16.5. The zero-order valence-electron chi connectivity index (χ0n) is 19.8. The van der Waals surface area contributed by atoms with E-state index in [9.17, 15) is 9.90 Å². The average molecular weight is 437 g/mol. The Morgan fingerprint density at radius 1 is 1.00 bits per heavy atom. The van der Waals surface area contributed by atoms with Crippen LogP contribution in [0.3, 0.4) is 0 Å². The van der Waals surface area contributed by atoms with Crippen molar-refractivity contribution in [3.8, 4) is 11.5 Å². The van der Waals surface area contributed by atoms with Crippen LogP contribution < -0.4 is 9.47 Å². The van der Waals surface area contributed by atoms with Gasteiger partial charge in [0.05, 0.1) is 20.3 Å². The Kier molecular flexibility index (Phi) is 5.28. The number of hydrogen-bond acceptors (Lipinski definition) is 4. The molecule has 0 aromatic heterocycles. The minimum Gasteiger partial charge on any atom is -0.493 e. The molecule has 4 aliphatic rings. The van der Waals surface area contributed by atoms with Crippen LogP contribution in [0.5, 0.6) is 11.5 Å². The molecule has 6 atom stereocenters. The maximum absolute atomic E-state index is 13.7. The number of allylic oxidation sites excluding steroid dienone is 2. The Hall–Kier alpha value is -2.07. The number of aliphatic hydroxyl groups excluding tert-OH is 1. The Morgan fingerprint density at radius 3 is 2.50 bits per heavy atom. The summed E-state index contributed by atoms with van der Waals surface area (Å²) in [5.41, 5.74) is 3.38. The molecule has 0 spiro atoms. The summed E-state index contributed by atoms with van der Waals surface area (Å²) in [6.45, 7) is 4.65. The summed E-state index contributed by atoms with van der Waals surface area (Å²) in [6.07, 6.45) is 11.2. The SMILES string of the molecule is COc1ccc(/C=C2\CC3C4CC=C5C[C@@H](O)CC[C@]5(C)C4CC[C@]3(C)C2=O)cc1OC. The van der Waals surface area contributed by atoms with Gasteiger partial charge in [0, 0.05) is 5.41 Å². The first-order chi connectivity index (χ1) is 15.3. The topological polar surface area (TPSA) is 55.8 Å². The van der Waals surface area contributed by atoms with E-state index in [0.717, 1.165) is 56.1 Å². The van der Waals surface area contributed by atoms with Crippen LogP contribution in [-0.2, 0) is 4.79 Å². The predicted molar refractivity (Wildman–Crippen MR) is 126 cm³/mol. The first-order valence-electron chi connectivity index (χ1n) is 12.1. The lowest BCUT2D eigenvalue weighted by atomic mass is 9.48. The molecule has 3 fully saturated rings. The van der Waals surface area contributed by atoms with Crippen LogP contribution in [0.4, 0.5) is 0 Å². The molecule has 4 aliphatic carbocycles. The Morgan fingerprint density at radius 2 is 1.75 bits per heavy atom. The van der Waals surface area contributed by atoms with Crippen LogP contribution in [0.15, 0.2) is 35.4 Å². The number of methoxy groups -OCH3 is 2. The number of benzene rings is 1. The van der Waals surface area contributed by atoms with E-state index >= 15 is 0 Å². The molecule has 0 bridgehead atoms. The zero-order chi connectivity index (χ0) is 22.7. The van der Waals surface area contributed by atoms with Gasteiger partial charge in [-0.15, -0.1) is 0 Å². The number of rotatable bonds is 3. The van der Waals surface area contributed by atoms with Crippen LogP contribution >= 0.6 is 0 Å². The van der Waals surface area contributed by atoms with Gasteiger partial charge in [-0.05, 0) is 97.5 Å². The molecule has 5 rings (SSSR count). The van der Waals surface area contributed by atoms with Gasteiger partial charge in [-0.2, -0.15) is 0 Å². The van der Waals surface area contributed by atoms with E-state index in [2.05, 4.69) is 26.0 Å². The van der Waals surface area contributed by atoms with E-state index in [1.54, 1.807) is 14.2 Å². The summed E-state index contributed by atoms with van der Waals surface area (Å²) in [6, 6.07) is 5.86. The summed E-state index contributed by atoms with van der Waals surface area (Å²) in [5.74, 6) is 3.32. The number of Topliss-reactive ketones (excluding diaryl/α,β-unsaturated/α-hetero) is 1. The van der Waals surface area contributed by atoms with Gasteiger partial charge in [0.15, 0.2) is 17.3 Å². The predicted octanol–water partition coefficient (Wildman–Crippen LogP) is 5.59. The molecular formula is C28H36O4. The Balaban J connectivity index is 1.46. The van der Waals surface area contributed by atoms with E-state index in [1.165, 1.54) is 5.57 Å². The monoisotopic (exact) mass is 436 g/mol. The molecule has 0 heterocycles. The molecule has 0 radical (unpaired) electrons. The maximum atomic E-state index is 13.7. The van der Waals surface area contributed by atoms with Crippen molar-refractivity contribution in [1.29, 1.82) is 0 Å². The standard InChI is InChI=1S/C28H36O4/c1-27-11-9-20(29)16-19(27)6-7-21-22(27)10-12-28(2)23(21)15-18(26(28)30)13-17-5-8-24(31-3)25(14-17)32-4/h5-6,8,13-14,20-23,29H,7,9-12,15-16H2,1-4H3/b18-13+/t20-,21?,22?,23?,27-,28-/m0/s1. The molecule has 1 aromatic carbocycles. The second-order valence-corrected chi connectivity index (χ2v) is 10.9. The second kappa shape index (κ2) is 7.76. The van der Waals surface area contributed by atoms with Crippen LogP contribution in [0.2, 0.25) is 0 Å². The summed E-state index contributed by atoms with van der Waals surface area (Å²) in [5, 5.41) is 10.2. The fourth-order valence-electron chi connectivity index (χ4n) is 7.58. The van der Waals surface area contributed by atoms with Crippen LogP contribution in [0.1, 0.15) is 64.4 Å². The average Bonchev–Trinajstić information content (AvgIpc) is 3.04. The van der Waals surface area contributed by atoms with Crippen molar-refractivity contribution in [2.24, 2.45) is 28.6 Å². The lowest BCUT2D eigenvalue weighted by Gasteiger charge is -2.56. The number of carbonyl (C=O) groups is 1. The molecule has 1 N–H and O–H groups in total. The van der Waals surface area contributed by atoms with E-state index in [1.807, 2.05) is 18.2 Å². The van der Waals surface area contributed by atoms with Crippen molar-refractivity contribution >= 4 is 11.9 Å². The molecule has 3 unspecified atom stereocenters. The van der Waals surface area contributed by atoms with Crippen LogP contribution in [0.25, 0.3) is 6.08 Å². The third-order valence-corrected chi connectivity index (χ3v) is 9.47. The van der Waals surface area contributed by atoms with Gasteiger partial charge in [-0.1, -0.05) is 31.6 Å². The van der Waals surface area contributed by atoms with Gasteiger partial charge in [0.25, 0.3) is 0 Å². The molecule has 4 heteroatoms. The van der Waals surface area contributed by atoms with Gasteiger partial charge in [-0.25, -0.2) is 0 Å². The van der Waals surface area contributed by atoms with Crippen LogP contribution in [-0.4, -0.2) is 31.2 Å². The second-order valence-electron chi connectivity index (χ2n) is 10.9. The molecule has 0 saturated heterocycles. The number of hydrogen-bond donors (Lipinski definition) is 1. The number of ketones is 1. The quantitative estimate of drug-likeness (QED) is 0.496. The number of carbonyl (C=O) groups excluding carboxylic acids is 1. The Labute approximate surface area is 191 Å². The summed E-state index contributed by atoms with van der Waals surface area (Å²) in [7, 11) is 3.27. The highest BCUT2D eigenvalue weighted by molar-refractivity contribution is 6.06. The van der Waals surface area contributed by atoms with Crippen molar-refractivity contribution < 1.29 is 19.4 Å². The smallest absolute Gasteiger partial charge is 0.165 e. The fourth-order valence-corrected chi connectivity index (χ4v) is 7.58. The number of ether oxygens (including phenoxy) is 2. The van der Waals surface area contributed by atoms with Crippen molar-refractivity contribution in [3.05, 3.63) is 41.0 Å². The normalized spacial score (nSPS) is 39.7. The van der Waals surface area contributed by atoms with Crippen molar-refractivity contribution in [1.82, 2.24) is 0 Å². The molecule has 32 heavy (non-hydrogen) atoms. The molecule has 0 aliphatic heterocycles. The van der Waals surface area contributed by atoms with E-state index in [4.69, 9.17) is 9.47 Å². The molecule has 3 saturated carbocycles. The highest BCUT2D eigenvalue weighted by Crippen LogP contribution is 2.64. The van der Waals surface area contributed by atoms with Gasteiger partial charge >= 0.3 is 0 Å². The highest BCUT2D eigenvalue weighted by Gasteiger charge is 2.59. The third kappa shape index (κ3) is 3.17. The molecule has 4 nitrogen and oxygen atoms in total. The molecule has 0 amide bonds. The van der Waals surface area contributed by atoms with Crippen LogP contribution in [0, 0.1) is 28.6 Å². The number of fused-ring (bicyclic) bond motifs is 5. The minimum absolute atomic E-state index is 0.177. The van der Waals surface area contributed by atoms with Gasteiger partial charge in [0.2, 0.25) is 0 Å². The van der Waals surface area contributed by atoms with Gasteiger partial charge in [-0.3, -0.25) is 4.79 Å². The fraction of sp³-hybridized carbons (Fsp3) is 0.607. The van der Waals surface area contributed by atoms with Crippen molar-refractivity contribution in [2.45, 2.75) is 64.9 Å². The zero-order valence-corrected chi connectivity index (χ0v) is 19.8. The maximum Gasteiger partial charge on any atom is 0.165 e. The first-order valence-corrected chi connectivity index (χ1v) is 12.1. The van der Waals surface area contributed by atoms with Gasteiger partial charge in [0.1, 0.15) is 0 Å². The largest absolute Gasteiger partial charge is 0.493 e. The minimum atomic E-state index is -0.251. The lowest BCUT2D eigenvalue weighted by Crippen LogP contribution is -2.50. The summed E-state index contributed by atoms with van der Waals surface area (Å²) >= 11 is 0. The Bertz CT molecular complexity index is 991. The lowest BCUT2D eigenvalue weighted by molar-refractivity contribution is -0.130. The number of aliphatic hydroxyl groups is 1.